The van der Waals surface area contributed by atoms with Crippen LogP contribution in [0.4, 0.5) is 5.00 Å². The van der Waals surface area contributed by atoms with Gasteiger partial charge in [0.1, 0.15) is 12.0 Å². The Hall–Kier alpha value is -1.48. The molecule has 0 aliphatic rings. The first kappa shape index (κ1) is 12.0. The van der Waals surface area contributed by atoms with Gasteiger partial charge < -0.3 is 4.57 Å². The van der Waals surface area contributed by atoms with Gasteiger partial charge in [0.25, 0.3) is 0 Å². The molecule has 0 saturated heterocycles. The Bertz CT molecular complexity index is 550. The minimum atomic E-state index is -0.447. The zero-order chi connectivity index (χ0) is 12.4. The number of aryl methyl sites for hydroxylation is 1. The van der Waals surface area contributed by atoms with Crippen molar-refractivity contribution in [2.24, 2.45) is 0 Å². The zero-order valence-electron chi connectivity index (χ0n) is 9.15. The highest BCUT2D eigenvalue weighted by Gasteiger charge is 2.15. The molecule has 7 nitrogen and oxygen atoms in total. The molecule has 0 bridgehead atoms. The average molecular weight is 271 g/mol. The van der Waals surface area contributed by atoms with Gasteiger partial charge in [0.2, 0.25) is 0 Å². The first-order valence-electron chi connectivity index (χ1n) is 4.79. The number of nitro groups is 1. The van der Waals surface area contributed by atoms with Gasteiger partial charge in [-0.3, -0.25) is 10.1 Å². The van der Waals surface area contributed by atoms with Crippen LogP contribution in [0.25, 0.3) is 0 Å². The fraction of sp³-hybridized carbons (Fsp3) is 0.375. The Morgan fingerprint density at radius 3 is 2.94 bits per heavy atom. The van der Waals surface area contributed by atoms with Crippen molar-refractivity contribution in [2.45, 2.75) is 29.9 Å². The van der Waals surface area contributed by atoms with Crippen molar-refractivity contribution in [2.75, 3.05) is 0 Å². The molecule has 0 aromatic carbocycles. The first-order valence-corrected chi connectivity index (χ1v) is 6.43. The largest absolute Gasteiger partial charge is 0.344 e. The first-order chi connectivity index (χ1) is 8.11. The van der Waals surface area contributed by atoms with Crippen LogP contribution in [0.5, 0.6) is 0 Å². The molecule has 2 aromatic heterocycles. The monoisotopic (exact) mass is 271 g/mol. The van der Waals surface area contributed by atoms with E-state index in [1.807, 2.05) is 18.4 Å². The molecular formula is C8H9N5O2S2. The predicted octanol–water partition coefficient (Wildman–Crippen LogP) is 2.12. The van der Waals surface area contributed by atoms with Gasteiger partial charge in [-0.2, -0.15) is 0 Å². The van der Waals surface area contributed by atoms with Crippen LogP contribution >= 0.6 is 23.1 Å². The predicted molar refractivity (Wildman–Crippen MR) is 63.3 cm³/mol. The molecule has 0 atom stereocenters. The molecule has 0 spiro atoms. The van der Waals surface area contributed by atoms with E-state index in [0.717, 1.165) is 23.7 Å². The average Bonchev–Trinajstić information content (AvgIpc) is 2.87. The molecule has 2 heterocycles. The van der Waals surface area contributed by atoms with E-state index in [1.165, 1.54) is 18.0 Å². The van der Waals surface area contributed by atoms with Crippen LogP contribution in [0.3, 0.4) is 0 Å². The lowest BCUT2D eigenvalue weighted by Crippen LogP contribution is -1.98. The van der Waals surface area contributed by atoms with Crippen molar-refractivity contribution in [1.82, 2.24) is 19.7 Å². The van der Waals surface area contributed by atoms with Gasteiger partial charge >= 0.3 is 5.00 Å². The van der Waals surface area contributed by atoms with Gasteiger partial charge in [-0.25, -0.2) is 4.98 Å². The molecule has 0 fully saturated rings. The number of nitrogens with zero attached hydrogens (tertiary/aromatic N) is 5. The van der Waals surface area contributed by atoms with Crippen LogP contribution in [0, 0.1) is 17.0 Å². The molecule has 9 heteroatoms. The highest BCUT2D eigenvalue weighted by molar-refractivity contribution is 8.00. The smallest absolute Gasteiger partial charge is 0.306 e. The second-order valence-electron chi connectivity index (χ2n) is 3.10. The summed E-state index contributed by atoms with van der Waals surface area (Å²) < 4.78 is 2.52. The van der Waals surface area contributed by atoms with Gasteiger partial charge in [0.15, 0.2) is 9.50 Å². The number of thiazole rings is 1. The topological polar surface area (TPSA) is 86.7 Å². The molecule has 0 aliphatic heterocycles. The van der Waals surface area contributed by atoms with E-state index in [0.29, 0.717) is 9.50 Å². The van der Waals surface area contributed by atoms with Crippen molar-refractivity contribution in [3.8, 4) is 0 Å². The molecule has 0 N–H and O–H groups in total. The molecule has 90 valence electrons. The third-order valence-electron chi connectivity index (χ3n) is 2.05. The highest BCUT2D eigenvalue weighted by atomic mass is 32.2. The summed E-state index contributed by atoms with van der Waals surface area (Å²) in [5, 5.41) is 19.2. The second kappa shape index (κ2) is 4.80. The summed E-state index contributed by atoms with van der Waals surface area (Å²) in [6, 6.07) is 0. The van der Waals surface area contributed by atoms with Crippen molar-refractivity contribution in [1.29, 1.82) is 0 Å². The second-order valence-corrected chi connectivity index (χ2v) is 5.32. The van der Waals surface area contributed by atoms with E-state index in [-0.39, 0.29) is 5.00 Å². The molecule has 0 unspecified atom stereocenters. The Kier molecular flexibility index (Phi) is 3.38. The lowest BCUT2D eigenvalue weighted by molar-refractivity contribution is -0.380. The van der Waals surface area contributed by atoms with Crippen molar-refractivity contribution in [3.05, 3.63) is 22.1 Å². The number of hydrogen-bond acceptors (Lipinski definition) is 7. The lowest BCUT2D eigenvalue weighted by atomic mass is 10.6. The quantitative estimate of drug-likeness (QED) is 0.625. The minimum absolute atomic E-state index is 0.0341. The Labute approximate surface area is 105 Å². The highest BCUT2D eigenvalue weighted by Crippen LogP contribution is 2.33. The van der Waals surface area contributed by atoms with Gasteiger partial charge in [-0.1, -0.05) is 0 Å². The van der Waals surface area contributed by atoms with Crippen molar-refractivity contribution in [3.63, 3.8) is 0 Å². The molecular weight excluding hydrogens is 262 g/mol. The van der Waals surface area contributed by atoms with Crippen LogP contribution in [0.2, 0.25) is 0 Å². The van der Waals surface area contributed by atoms with Crippen LogP contribution in [0.15, 0.2) is 15.7 Å². The summed E-state index contributed by atoms with van der Waals surface area (Å²) in [4.78, 5) is 14.1. The van der Waals surface area contributed by atoms with E-state index in [4.69, 9.17) is 0 Å². The molecule has 2 rings (SSSR count). The normalized spacial score (nSPS) is 10.7. The van der Waals surface area contributed by atoms with Crippen LogP contribution in [-0.2, 0) is 6.54 Å². The summed E-state index contributed by atoms with van der Waals surface area (Å²) in [5.41, 5.74) is 0. The summed E-state index contributed by atoms with van der Waals surface area (Å²) in [5.74, 6) is 0.820. The summed E-state index contributed by atoms with van der Waals surface area (Å²) >= 11 is 2.33. The van der Waals surface area contributed by atoms with Gasteiger partial charge in [-0.15, -0.1) is 10.2 Å². The third kappa shape index (κ3) is 2.44. The van der Waals surface area contributed by atoms with Crippen LogP contribution in [-0.4, -0.2) is 24.7 Å². The summed E-state index contributed by atoms with van der Waals surface area (Å²) in [6.45, 7) is 4.62. The summed E-state index contributed by atoms with van der Waals surface area (Å²) in [6.07, 6.45) is 1.26. The Morgan fingerprint density at radius 1 is 1.59 bits per heavy atom. The van der Waals surface area contributed by atoms with E-state index < -0.39 is 4.92 Å². The molecule has 0 saturated carbocycles. The molecule has 2 aromatic rings. The molecule has 0 aliphatic carbocycles. The number of aromatic nitrogens is 4. The lowest BCUT2D eigenvalue weighted by Gasteiger charge is -2.01. The standard InChI is InChI=1S/C8H9N5O2S2/c1-3-12-5(2)10-11-7(12)17-8-9-4-6(16-8)13(14)15/h4H,3H2,1-2H3. The number of rotatable bonds is 4. The SMILES string of the molecule is CCn1c(C)nnc1Sc1ncc([N+](=O)[O-])s1. The van der Waals surface area contributed by atoms with Crippen LogP contribution < -0.4 is 0 Å². The van der Waals surface area contributed by atoms with E-state index in [2.05, 4.69) is 15.2 Å². The van der Waals surface area contributed by atoms with Gasteiger partial charge in [0, 0.05) is 6.54 Å². The summed E-state index contributed by atoms with van der Waals surface area (Å²) in [7, 11) is 0. The zero-order valence-corrected chi connectivity index (χ0v) is 10.8. The van der Waals surface area contributed by atoms with E-state index >= 15 is 0 Å². The third-order valence-corrected chi connectivity index (χ3v) is 4.06. The van der Waals surface area contributed by atoms with Crippen molar-refractivity contribution >= 4 is 28.1 Å². The van der Waals surface area contributed by atoms with Gasteiger partial charge in [-0.05, 0) is 36.9 Å². The van der Waals surface area contributed by atoms with Crippen LogP contribution in [0.1, 0.15) is 12.7 Å². The van der Waals surface area contributed by atoms with E-state index in [9.17, 15) is 10.1 Å². The Balaban J connectivity index is 2.22. The van der Waals surface area contributed by atoms with Gasteiger partial charge in [0.05, 0.1) is 4.92 Å². The maximum atomic E-state index is 10.5. The Morgan fingerprint density at radius 2 is 2.35 bits per heavy atom. The maximum Gasteiger partial charge on any atom is 0.344 e. The number of hydrogen-bond donors (Lipinski definition) is 0. The molecule has 0 amide bonds. The molecule has 0 radical (unpaired) electrons. The van der Waals surface area contributed by atoms with Crippen molar-refractivity contribution < 1.29 is 4.92 Å². The fourth-order valence-corrected chi connectivity index (χ4v) is 3.09. The minimum Gasteiger partial charge on any atom is -0.306 e. The van der Waals surface area contributed by atoms with E-state index in [1.54, 1.807) is 0 Å². The maximum absolute atomic E-state index is 10.5. The molecule has 17 heavy (non-hydrogen) atoms. The fourth-order valence-electron chi connectivity index (χ4n) is 1.26.